The van der Waals surface area contributed by atoms with Crippen molar-refractivity contribution in [2.75, 3.05) is 0 Å². The summed E-state index contributed by atoms with van der Waals surface area (Å²) < 4.78 is 6.63. The van der Waals surface area contributed by atoms with Crippen molar-refractivity contribution in [1.82, 2.24) is 0 Å². The molecule has 0 radical (unpaired) electrons. The molecule has 0 fully saturated rings. The van der Waals surface area contributed by atoms with Crippen molar-refractivity contribution in [2.24, 2.45) is 0 Å². The number of rotatable bonds is 5. The van der Waals surface area contributed by atoms with Gasteiger partial charge in [0.1, 0.15) is 12.4 Å². The number of carboxylic acid groups (broad SMARTS) is 1. The molecule has 0 bridgehead atoms. The fourth-order valence-corrected chi connectivity index (χ4v) is 2.54. The first-order chi connectivity index (χ1) is 9.99. The zero-order valence-electron chi connectivity index (χ0n) is 12.0. The smallest absolute Gasteiger partial charge is 0.335 e. The van der Waals surface area contributed by atoms with Crippen LogP contribution in [0.1, 0.15) is 41.3 Å². The Morgan fingerprint density at radius 1 is 1.24 bits per heavy atom. The maximum atomic E-state index is 10.9. The van der Waals surface area contributed by atoms with Gasteiger partial charge in [0, 0.05) is 10.0 Å². The van der Waals surface area contributed by atoms with Crippen molar-refractivity contribution in [3.63, 3.8) is 0 Å². The lowest BCUT2D eigenvalue weighted by Gasteiger charge is -2.14. The summed E-state index contributed by atoms with van der Waals surface area (Å²) >= 11 is 3.39. The highest BCUT2D eigenvalue weighted by molar-refractivity contribution is 9.10. The Balaban J connectivity index is 2.15. The van der Waals surface area contributed by atoms with Crippen LogP contribution < -0.4 is 4.74 Å². The summed E-state index contributed by atoms with van der Waals surface area (Å²) in [5.74, 6) is 0.314. The van der Waals surface area contributed by atoms with Gasteiger partial charge in [-0.2, -0.15) is 0 Å². The molecule has 0 aliphatic rings. The van der Waals surface area contributed by atoms with Crippen LogP contribution in [0.25, 0.3) is 0 Å². The Morgan fingerprint density at radius 2 is 1.95 bits per heavy atom. The standard InChI is InChI=1S/C17H17BrO3/c1-11(2)14-5-3-4-6-16(14)21-10-13-8-7-12(17(19)20)9-15(13)18/h3-9,11H,10H2,1-2H3,(H,19,20). The zero-order valence-corrected chi connectivity index (χ0v) is 13.6. The first kappa shape index (κ1) is 15.6. The molecule has 1 N–H and O–H groups in total. The van der Waals surface area contributed by atoms with Gasteiger partial charge in [-0.05, 0) is 29.7 Å². The number of hydrogen-bond donors (Lipinski definition) is 1. The second-order valence-corrected chi connectivity index (χ2v) is 5.95. The third-order valence-electron chi connectivity index (χ3n) is 3.22. The molecule has 0 aromatic heterocycles. The van der Waals surface area contributed by atoms with Crippen molar-refractivity contribution in [1.29, 1.82) is 0 Å². The van der Waals surface area contributed by atoms with Gasteiger partial charge in [0.2, 0.25) is 0 Å². The van der Waals surface area contributed by atoms with Gasteiger partial charge < -0.3 is 9.84 Å². The van der Waals surface area contributed by atoms with Gasteiger partial charge >= 0.3 is 5.97 Å². The first-order valence-electron chi connectivity index (χ1n) is 6.72. The summed E-state index contributed by atoms with van der Waals surface area (Å²) in [7, 11) is 0. The molecule has 0 aliphatic carbocycles. The number of benzene rings is 2. The fraction of sp³-hybridized carbons (Fsp3) is 0.235. The molecule has 0 spiro atoms. The van der Waals surface area contributed by atoms with Gasteiger partial charge in [-0.15, -0.1) is 0 Å². The summed E-state index contributed by atoms with van der Waals surface area (Å²) in [5.41, 5.74) is 2.34. The summed E-state index contributed by atoms with van der Waals surface area (Å²) in [4.78, 5) is 10.9. The molecule has 0 aliphatic heterocycles. The molecule has 2 aromatic rings. The molecule has 21 heavy (non-hydrogen) atoms. The second kappa shape index (κ2) is 6.76. The number of hydrogen-bond acceptors (Lipinski definition) is 2. The molecule has 110 valence electrons. The number of aromatic carboxylic acids is 1. The normalized spacial score (nSPS) is 10.7. The quantitative estimate of drug-likeness (QED) is 0.839. The van der Waals surface area contributed by atoms with Crippen LogP contribution in [0.5, 0.6) is 5.75 Å². The van der Waals surface area contributed by atoms with Crippen LogP contribution >= 0.6 is 15.9 Å². The maximum Gasteiger partial charge on any atom is 0.335 e. The highest BCUT2D eigenvalue weighted by atomic mass is 79.9. The van der Waals surface area contributed by atoms with Crippen molar-refractivity contribution < 1.29 is 14.6 Å². The van der Waals surface area contributed by atoms with E-state index in [0.717, 1.165) is 21.3 Å². The summed E-state index contributed by atoms with van der Waals surface area (Å²) in [6.07, 6.45) is 0. The van der Waals surface area contributed by atoms with E-state index in [9.17, 15) is 4.79 Å². The molecule has 0 saturated carbocycles. The summed E-state index contributed by atoms with van der Waals surface area (Å²) in [5, 5.41) is 8.95. The third kappa shape index (κ3) is 3.85. The second-order valence-electron chi connectivity index (χ2n) is 5.09. The van der Waals surface area contributed by atoms with Crippen molar-refractivity contribution in [2.45, 2.75) is 26.4 Å². The van der Waals surface area contributed by atoms with Crippen molar-refractivity contribution >= 4 is 21.9 Å². The molecule has 0 saturated heterocycles. The predicted molar refractivity (Wildman–Crippen MR) is 86.0 cm³/mol. The van der Waals surface area contributed by atoms with Crippen LogP contribution in [-0.2, 0) is 6.61 Å². The van der Waals surface area contributed by atoms with Crippen LogP contribution in [0.3, 0.4) is 0 Å². The Morgan fingerprint density at radius 3 is 2.57 bits per heavy atom. The average molecular weight is 349 g/mol. The number of halogens is 1. The van der Waals surface area contributed by atoms with E-state index in [1.54, 1.807) is 18.2 Å². The molecule has 0 amide bonds. The molecule has 0 atom stereocenters. The first-order valence-corrected chi connectivity index (χ1v) is 7.51. The predicted octanol–water partition coefficient (Wildman–Crippen LogP) is 4.85. The number of para-hydroxylation sites is 1. The van der Waals surface area contributed by atoms with Crippen LogP contribution in [0.15, 0.2) is 46.9 Å². The topological polar surface area (TPSA) is 46.5 Å². The zero-order chi connectivity index (χ0) is 15.4. The third-order valence-corrected chi connectivity index (χ3v) is 3.96. The fourth-order valence-electron chi connectivity index (χ4n) is 2.04. The van der Waals surface area contributed by atoms with E-state index in [1.165, 1.54) is 0 Å². The maximum absolute atomic E-state index is 10.9. The Hall–Kier alpha value is -1.81. The summed E-state index contributed by atoms with van der Waals surface area (Å²) in [6.45, 7) is 4.64. The van der Waals surface area contributed by atoms with Gasteiger partial charge in [-0.25, -0.2) is 4.79 Å². The van der Waals surface area contributed by atoms with Gasteiger partial charge in [0.15, 0.2) is 0 Å². The average Bonchev–Trinajstić information content (AvgIpc) is 2.46. The van der Waals surface area contributed by atoms with Crippen LogP contribution in [0.4, 0.5) is 0 Å². The Labute approximate surface area is 132 Å². The van der Waals surface area contributed by atoms with E-state index in [-0.39, 0.29) is 5.56 Å². The van der Waals surface area contributed by atoms with E-state index in [2.05, 4.69) is 35.8 Å². The molecule has 3 nitrogen and oxygen atoms in total. The highest BCUT2D eigenvalue weighted by Crippen LogP contribution is 2.27. The molecule has 4 heteroatoms. The van der Waals surface area contributed by atoms with Crippen LogP contribution in [0, 0.1) is 0 Å². The Kier molecular flexibility index (Phi) is 5.02. The largest absolute Gasteiger partial charge is 0.489 e. The number of carbonyl (C=O) groups is 1. The Bertz CT molecular complexity index is 650. The van der Waals surface area contributed by atoms with Gasteiger partial charge in [0.05, 0.1) is 5.56 Å². The van der Waals surface area contributed by atoms with Gasteiger partial charge in [-0.1, -0.05) is 54.0 Å². The number of ether oxygens (including phenoxy) is 1. The van der Waals surface area contributed by atoms with E-state index < -0.39 is 5.97 Å². The highest BCUT2D eigenvalue weighted by Gasteiger charge is 2.10. The van der Waals surface area contributed by atoms with E-state index >= 15 is 0 Å². The molecule has 2 rings (SSSR count). The molecule has 0 unspecified atom stereocenters. The summed E-state index contributed by atoms with van der Waals surface area (Å²) in [6, 6.07) is 12.9. The SMILES string of the molecule is CC(C)c1ccccc1OCc1ccc(C(=O)O)cc1Br. The number of carboxylic acids is 1. The lowest BCUT2D eigenvalue weighted by molar-refractivity contribution is 0.0696. The van der Waals surface area contributed by atoms with E-state index in [1.807, 2.05) is 18.2 Å². The van der Waals surface area contributed by atoms with Crippen LogP contribution in [-0.4, -0.2) is 11.1 Å². The lowest BCUT2D eigenvalue weighted by Crippen LogP contribution is -2.02. The van der Waals surface area contributed by atoms with Gasteiger partial charge in [0.25, 0.3) is 0 Å². The molecular weight excluding hydrogens is 332 g/mol. The minimum Gasteiger partial charge on any atom is -0.489 e. The minimum atomic E-state index is -0.937. The van der Waals surface area contributed by atoms with E-state index in [4.69, 9.17) is 9.84 Å². The molecular formula is C17H17BrO3. The molecule has 2 aromatic carbocycles. The van der Waals surface area contributed by atoms with Crippen LogP contribution in [0.2, 0.25) is 0 Å². The van der Waals surface area contributed by atoms with Crippen molar-refractivity contribution in [3.8, 4) is 5.75 Å². The minimum absolute atomic E-state index is 0.258. The monoisotopic (exact) mass is 348 g/mol. The van der Waals surface area contributed by atoms with Crippen molar-refractivity contribution in [3.05, 3.63) is 63.6 Å². The molecule has 0 heterocycles. The van der Waals surface area contributed by atoms with Gasteiger partial charge in [-0.3, -0.25) is 0 Å². The van der Waals surface area contributed by atoms with E-state index in [0.29, 0.717) is 12.5 Å². The lowest BCUT2D eigenvalue weighted by atomic mass is 10.0.